The van der Waals surface area contributed by atoms with E-state index >= 15 is 0 Å². The standard InChI is InChI=1S/C22H21FN2O5/c1-13(16-11-19(28-2)20(29-3)12-17(16)23)24-21(26)14-6-8-15(9-7-14)25-22(27)18-5-4-10-30-18/h4-13H,1-3H3,(H,24,26)(H,25,27). The van der Waals surface area contributed by atoms with Crippen LogP contribution in [-0.4, -0.2) is 26.0 Å². The smallest absolute Gasteiger partial charge is 0.291 e. The van der Waals surface area contributed by atoms with Gasteiger partial charge in [0.25, 0.3) is 11.8 Å². The lowest BCUT2D eigenvalue weighted by molar-refractivity contribution is 0.0938. The van der Waals surface area contributed by atoms with Gasteiger partial charge in [-0.15, -0.1) is 0 Å². The number of hydrogen-bond donors (Lipinski definition) is 2. The fourth-order valence-electron chi connectivity index (χ4n) is 2.86. The molecule has 0 saturated heterocycles. The summed E-state index contributed by atoms with van der Waals surface area (Å²) in [6.07, 6.45) is 1.41. The molecule has 1 heterocycles. The molecule has 0 radical (unpaired) electrons. The van der Waals surface area contributed by atoms with Crippen LogP contribution in [0.2, 0.25) is 0 Å². The molecule has 0 aliphatic carbocycles. The predicted octanol–water partition coefficient (Wildman–Crippen LogP) is 4.18. The average Bonchev–Trinajstić information content (AvgIpc) is 3.29. The molecule has 2 N–H and O–H groups in total. The van der Waals surface area contributed by atoms with Crippen LogP contribution in [-0.2, 0) is 0 Å². The zero-order valence-corrected chi connectivity index (χ0v) is 16.7. The Morgan fingerprint density at radius 1 is 1.00 bits per heavy atom. The van der Waals surface area contributed by atoms with Gasteiger partial charge in [0.2, 0.25) is 0 Å². The minimum atomic E-state index is -0.615. The summed E-state index contributed by atoms with van der Waals surface area (Å²) in [6, 6.07) is 11.6. The van der Waals surface area contributed by atoms with E-state index in [2.05, 4.69) is 10.6 Å². The zero-order chi connectivity index (χ0) is 21.7. The highest BCUT2D eigenvalue weighted by Gasteiger charge is 2.19. The van der Waals surface area contributed by atoms with E-state index in [9.17, 15) is 14.0 Å². The van der Waals surface area contributed by atoms with E-state index in [4.69, 9.17) is 13.9 Å². The van der Waals surface area contributed by atoms with Crippen molar-refractivity contribution in [2.24, 2.45) is 0 Å². The molecule has 0 aliphatic rings. The number of hydrogen-bond acceptors (Lipinski definition) is 5. The maximum atomic E-state index is 14.4. The third kappa shape index (κ3) is 4.60. The Kier molecular flexibility index (Phi) is 6.36. The quantitative estimate of drug-likeness (QED) is 0.608. The summed E-state index contributed by atoms with van der Waals surface area (Å²) in [5, 5.41) is 5.42. The van der Waals surface area contributed by atoms with Crippen LogP contribution in [0.1, 0.15) is 39.4 Å². The van der Waals surface area contributed by atoms with Gasteiger partial charge in [0.1, 0.15) is 5.82 Å². The molecule has 1 atom stereocenters. The highest BCUT2D eigenvalue weighted by Crippen LogP contribution is 2.32. The van der Waals surface area contributed by atoms with Crippen LogP contribution in [0, 0.1) is 5.82 Å². The number of rotatable bonds is 7. The largest absolute Gasteiger partial charge is 0.493 e. The van der Waals surface area contributed by atoms with Crippen LogP contribution >= 0.6 is 0 Å². The average molecular weight is 412 g/mol. The van der Waals surface area contributed by atoms with Gasteiger partial charge in [-0.25, -0.2) is 4.39 Å². The van der Waals surface area contributed by atoms with E-state index in [0.717, 1.165) is 0 Å². The lowest BCUT2D eigenvalue weighted by Crippen LogP contribution is -2.27. The monoisotopic (exact) mass is 412 g/mol. The van der Waals surface area contributed by atoms with Crippen LogP contribution in [0.5, 0.6) is 11.5 Å². The Balaban J connectivity index is 1.68. The second-order valence-corrected chi connectivity index (χ2v) is 6.43. The Labute approximate surface area is 172 Å². The van der Waals surface area contributed by atoms with Crippen molar-refractivity contribution in [3.63, 3.8) is 0 Å². The summed E-state index contributed by atoms with van der Waals surface area (Å²) >= 11 is 0. The molecule has 0 bridgehead atoms. The number of methoxy groups -OCH3 is 2. The van der Waals surface area contributed by atoms with Gasteiger partial charge in [-0.3, -0.25) is 9.59 Å². The van der Waals surface area contributed by atoms with Crippen molar-refractivity contribution in [3.05, 3.63) is 77.5 Å². The first-order chi connectivity index (χ1) is 14.4. The molecular formula is C22H21FN2O5. The van der Waals surface area contributed by atoms with Crippen LogP contribution in [0.4, 0.5) is 10.1 Å². The second-order valence-electron chi connectivity index (χ2n) is 6.43. The third-order valence-corrected chi connectivity index (χ3v) is 4.47. The van der Waals surface area contributed by atoms with Gasteiger partial charge in [0, 0.05) is 22.9 Å². The number of furan rings is 1. The summed E-state index contributed by atoms with van der Waals surface area (Å²) in [4.78, 5) is 24.5. The Morgan fingerprint density at radius 3 is 2.27 bits per heavy atom. The summed E-state index contributed by atoms with van der Waals surface area (Å²) in [6.45, 7) is 1.67. The molecule has 156 valence electrons. The van der Waals surface area contributed by atoms with Crippen molar-refractivity contribution in [1.29, 1.82) is 0 Å². The molecule has 0 aliphatic heterocycles. The summed E-state index contributed by atoms with van der Waals surface area (Å²) < 4.78 is 29.7. The number of ether oxygens (including phenoxy) is 2. The van der Waals surface area contributed by atoms with Crippen LogP contribution in [0.3, 0.4) is 0 Å². The maximum absolute atomic E-state index is 14.4. The summed E-state index contributed by atoms with van der Waals surface area (Å²) in [5.74, 6) is -0.481. The zero-order valence-electron chi connectivity index (χ0n) is 16.7. The molecule has 7 nitrogen and oxygen atoms in total. The van der Waals surface area contributed by atoms with Crippen molar-refractivity contribution >= 4 is 17.5 Å². The first-order valence-corrected chi connectivity index (χ1v) is 9.10. The van der Waals surface area contributed by atoms with Crippen molar-refractivity contribution in [3.8, 4) is 11.5 Å². The number of carbonyl (C=O) groups is 2. The van der Waals surface area contributed by atoms with Crippen molar-refractivity contribution < 1.29 is 27.9 Å². The van der Waals surface area contributed by atoms with Gasteiger partial charge >= 0.3 is 0 Å². The molecule has 3 aromatic rings. The van der Waals surface area contributed by atoms with E-state index in [1.54, 1.807) is 43.3 Å². The van der Waals surface area contributed by atoms with Crippen molar-refractivity contribution in [2.45, 2.75) is 13.0 Å². The number of amides is 2. The third-order valence-electron chi connectivity index (χ3n) is 4.47. The topological polar surface area (TPSA) is 89.8 Å². The molecule has 0 saturated carbocycles. The fourth-order valence-corrected chi connectivity index (χ4v) is 2.86. The number of carbonyl (C=O) groups excluding carboxylic acids is 2. The predicted molar refractivity (Wildman–Crippen MR) is 108 cm³/mol. The van der Waals surface area contributed by atoms with Crippen LogP contribution in [0.15, 0.2) is 59.2 Å². The highest BCUT2D eigenvalue weighted by atomic mass is 19.1. The van der Waals surface area contributed by atoms with Crippen molar-refractivity contribution in [1.82, 2.24) is 5.32 Å². The summed E-state index contributed by atoms with van der Waals surface area (Å²) in [5.41, 5.74) is 1.13. The fraction of sp³-hybridized carbons (Fsp3) is 0.182. The van der Waals surface area contributed by atoms with E-state index < -0.39 is 17.8 Å². The lowest BCUT2D eigenvalue weighted by Gasteiger charge is -2.17. The number of nitrogens with one attached hydrogen (secondary N) is 2. The molecule has 1 aromatic heterocycles. The molecule has 30 heavy (non-hydrogen) atoms. The molecule has 3 rings (SSSR count). The molecular weight excluding hydrogens is 391 g/mol. The normalized spacial score (nSPS) is 11.5. The SMILES string of the molecule is COc1cc(F)c(C(C)NC(=O)c2ccc(NC(=O)c3ccco3)cc2)cc1OC. The highest BCUT2D eigenvalue weighted by molar-refractivity contribution is 6.02. The first kappa shape index (κ1) is 20.9. The van der Waals surface area contributed by atoms with Crippen LogP contribution < -0.4 is 20.1 Å². The first-order valence-electron chi connectivity index (χ1n) is 9.10. The molecule has 2 aromatic carbocycles. The van der Waals surface area contributed by atoms with Gasteiger partial charge in [-0.1, -0.05) is 0 Å². The van der Waals surface area contributed by atoms with Gasteiger partial charge < -0.3 is 24.5 Å². The van der Waals surface area contributed by atoms with Gasteiger partial charge in [-0.2, -0.15) is 0 Å². The van der Waals surface area contributed by atoms with Gasteiger partial charge in [0.05, 0.1) is 26.5 Å². The molecule has 0 fully saturated rings. The number of halogens is 1. The molecule has 2 amide bonds. The Hall–Kier alpha value is -3.81. The Bertz CT molecular complexity index is 1030. The van der Waals surface area contributed by atoms with E-state index in [1.165, 1.54) is 32.6 Å². The maximum Gasteiger partial charge on any atom is 0.291 e. The number of anilines is 1. The minimum absolute atomic E-state index is 0.183. The summed E-state index contributed by atoms with van der Waals surface area (Å²) in [7, 11) is 2.87. The molecule has 1 unspecified atom stereocenters. The van der Waals surface area contributed by atoms with E-state index in [0.29, 0.717) is 17.0 Å². The van der Waals surface area contributed by atoms with E-state index in [-0.39, 0.29) is 23.0 Å². The van der Waals surface area contributed by atoms with Crippen LogP contribution in [0.25, 0.3) is 0 Å². The Morgan fingerprint density at radius 2 is 1.67 bits per heavy atom. The molecule has 0 spiro atoms. The minimum Gasteiger partial charge on any atom is -0.493 e. The number of benzene rings is 2. The van der Waals surface area contributed by atoms with Gasteiger partial charge in [-0.05, 0) is 49.4 Å². The van der Waals surface area contributed by atoms with Crippen molar-refractivity contribution in [2.75, 3.05) is 19.5 Å². The van der Waals surface area contributed by atoms with Gasteiger partial charge in [0.15, 0.2) is 17.3 Å². The lowest BCUT2D eigenvalue weighted by atomic mass is 10.1. The second kappa shape index (κ2) is 9.13. The van der Waals surface area contributed by atoms with E-state index in [1.807, 2.05) is 0 Å². The molecule has 8 heteroatoms.